The van der Waals surface area contributed by atoms with Gasteiger partial charge in [-0.1, -0.05) is 234 Å². The van der Waals surface area contributed by atoms with E-state index in [0.717, 1.165) is 43.4 Å². The SMILES string of the molecule is CCCc1ccc(-c2ccc(CCC3C=CC=C3)c(F)c2F)cc1.CCCc1ccc(-c2ccc(CCC3C=CC=C3)cc2)cc1.CCCc1ccc(-c2ccc(OCC3C=CC=C3)cc2)cc1. The van der Waals surface area contributed by atoms with E-state index in [1.165, 1.54) is 70.2 Å². The van der Waals surface area contributed by atoms with E-state index in [1.807, 2.05) is 36.4 Å². The topological polar surface area (TPSA) is 9.23 Å². The van der Waals surface area contributed by atoms with Gasteiger partial charge < -0.3 is 4.74 Å². The highest BCUT2D eigenvalue weighted by molar-refractivity contribution is 5.66. The average molecular weight is 903 g/mol. The lowest BCUT2D eigenvalue weighted by Crippen LogP contribution is -2.05. The second kappa shape index (κ2) is 26.1. The van der Waals surface area contributed by atoms with Crippen molar-refractivity contribution in [3.05, 3.63) is 246 Å². The number of hydrogen-bond acceptors (Lipinski definition) is 1. The monoisotopic (exact) mass is 903 g/mol. The van der Waals surface area contributed by atoms with Crippen LogP contribution in [0.5, 0.6) is 5.75 Å². The molecule has 0 aliphatic heterocycles. The third kappa shape index (κ3) is 14.7. The van der Waals surface area contributed by atoms with Crippen molar-refractivity contribution in [2.45, 2.75) is 85.0 Å². The van der Waals surface area contributed by atoms with E-state index < -0.39 is 11.6 Å². The third-order valence-electron chi connectivity index (χ3n) is 12.9. The van der Waals surface area contributed by atoms with Gasteiger partial charge in [0.2, 0.25) is 0 Å². The number of allylic oxidation sites excluding steroid dienone is 10. The second-order valence-corrected chi connectivity index (χ2v) is 18.2. The van der Waals surface area contributed by atoms with Crippen molar-refractivity contribution in [2.75, 3.05) is 6.61 Å². The molecule has 0 atom stereocenters. The van der Waals surface area contributed by atoms with Crippen molar-refractivity contribution < 1.29 is 13.5 Å². The molecule has 0 unspecified atom stereocenters. The maximum absolute atomic E-state index is 14.5. The number of aryl methyl sites for hydroxylation is 5. The van der Waals surface area contributed by atoms with E-state index in [1.54, 1.807) is 12.1 Å². The Hall–Kier alpha value is -6.58. The number of benzene rings is 6. The standard InChI is InChI=1S/C22H22F2.C22H24.C21H22O/c1-2-5-16-8-11-18(12-9-16)20-15-14-19(21(23)22(20)24)13-10-17-6-3-4-7-17;1-2-5-18-10-14-21(15-11-18)22-16-12-20(13-17-22)9-8-19-6-3-4-7-19;1-2-5-17-8-10-19(11-9-17)20-12-14-21(15-13-20)22-16-18-6-3-4-7-18/h3-4,6-9,11-12,14-15,17H,2,5,10,13H2,1H3;3-4,6-7,10-17,19H,2,5,8-9H2,1H3;3-4,6-15,18H,2,5,16H2,1H3. The molecule has 0 saturated carbocycles. The van der Waals surface area contributed by atoms with E-state index in [0.29, 0.717) is 41.9 Å². The van der Waals surface area contributed by atoms with Crippen molar-refractivity contribution >= 4 is 0 Å². The van der Waals surface area contributed by atoms with Crippen LogP contribution in [0.1, 0.15) is 80.7 Å². The molecule has 0 fully saturated rings. The summed E-state index contributed by atoms with van der Waals surface area (Å²) in [4.78, 5) is 0. The molecule has 9 rings (SSSR count). The molecule has 0 N–H and O–H groups in total. The molecule has 68 heavy (non-hydrogen) atoms. The van der Waals surface area contributed by atoms with Gasteiger partial charge in [0.25, 0.3) is 0 Å². The van der Waals surface area contributed by atoms with Crippen LogP contribution in [-0.2, 0) is 32.1 Å². The summed E-state index contributed by atoms with van der Waals surface area (Å²) in [7, 11) is 0. The second-order valence-electron chi connectivity index (χ2n) is 18.2. The van der Waals surface area contributed by atoms with Gasteiger partial charge >= 0.3 is 0 Å². The van der Waals surface area contributed by atoms with Gasteiger partial charge in [0.1, 0.15) is 5.75 Å². The first-order valence-corrected chi connectivity index (χ1v) is 25.0. The molecule has 3 heteroatoms. The van der Waals surface area contributed by atoms with Gasteiger partial charge in [-0.3, -0.25) is 0 Å². The number of halogens is 2. The summed E-state index contributed by atoms with van der Waals surface area (Å²) in [5, 5.41) is 0. The minimum Gasteiger partial charge on any atom is -0.493 e. The van der Waals surface area contributed by atoms with Crippen LogP contribution in [0.4, 0.5) is 8.78 Å². The van der Waals surface area contributed by atoms with Crippen LogP contribution in [0.15, 0.2) is 206 Å². The van der Waals surface area contributed by atoms with Gasteiger partial charge in [-0.15, -0.1) is 0 Å². The van der Waals surface area contributed by atoms with Crippen LogP contribution in [0.25, 0.3) is 33.4 Å². The molecule has 0 heterocycles. The van der Waals surface area contributed by atoms with Crippen LogP contribution in [0.3, 0.4) is 0 Å². The van der Waals surface area contributed by atoms with E-state index in [4.69, 9.17) is 4.74 Å². The maximum Gasteiger partial charge on any atom is 0.166 e. The van der Waals surface area contributed by atoms with Gasteiger partial charge in [0, 0.05) is 11.5 Å². The smallest absolute Gasteiger partial charge is 0.166 e. The highest BCUT2D eigenvalue weighted by Gasteiger charge is 2.16. The fourth-order valence-corrected chi connectivity index (χ4v) is 8.84. The van der Waals surface area contributed by atoms with Crippen LogP contribution in [-0.4, -0.2) is 6.61 Å². The minimum absolute atomic E-state index is 0.332. The zero-order valence-corrected chi connectivity index (χ0v) is 40.3. The Bertz CT molecular complexity index is 2480. The van der Waals surface area contributed by atoms with Gasteiger partial charge in [0.05, 0.1) is 6.61 Å². The third-order valence-corrected chi connectivity index (χ3v) is 12.9. The molecular formula is C65H68F2O. The van der Waals surface area contributed by atoms with Crippen LogP contribution in [0, 0.1) is 29.4 Å². The summed E-state index contributed by atoms with van der Waals surface area (Å²) in [6, 6.07) is 46.4. The first-order valence-electron chi connectivity index (χ1n) is 25.0. The predicted octanol–water partition coefficient (Wildman–Crippen LogP) is 17.7. The Morgan fingerprint density at radius 3 is 1.12 bits per heavy atom. The average Bonchev–Trinajstić information content (AvgIpc) is 4.22. The summed E-state index contributed by atoms with van der Waals surface area (Å²) >= 11 is 0. The largest absolute Gasteiger partial charge is 0.493 e. The van der Waals surface area contributed by atoms with Crippen molar-refractivity contribution in [3.8, 4) is 39.1 Å². The summed E-state index contributed by atoms with van der Waals surface area (Å²) in [6.45, 7) is 7.27. The number of ether oxygens (including phenoxy) is 1. The van der Waals surface area contributed by atoms with E-state index in [2.05, 4.69) is 179 Å². The number of rotatable bonds is 18. The molecule has 0 bridgehead atoms. The van der Waals surface area contributed by atoms with E-state index >= 15 is 0 Å². The van der Waals surface area contributed by atoms with Gasteiger partial charge in [-0.25, -0.2) is 8.78 Å². The molecule has 0 aromatic heterocycles. The fourth-order valence-electron chi connectivity index (χ4n) is 8.84. The molecule has 0 spiro atoms. The first-order chi connectivity index (χ1) is 33.4. The highest BCUT2D eigenvalue weighted by atomic mass is 19.2. The van der Waals surface area contributed by atoms with Crippen LogP contribution >= 0.6 is 0 Å². The summed E-state index contributed by atoms with van der Waals surface area (Å²) in [5.41, 5.74) is 12.1. The summed E-state index contributed by atoms with van der Waals surface area (Å²) < 4.78 is 34.7. The zero-order valence-electron chi connectivity index (χ0n) is 40.3. The molecular weight excluding hydrogens is 835 g/mol. The predicted molar refractivity (Wildman–Crippen MR) is 285 cm³/mol. The minimum atomic E-state index is -0.742. The summed E-state index contributed by atoms with van der Waals surface area (Å²) in [6.07, 6.45) is 36.0. The Morgan fingerprint density at radius 1 is 0.353 bits per heavy atom. The van der Waals surface area contributed by atoms with Gasteiger partial charge in [-0.2, -0.15) is 0 Å². The molecule has 6 aromatic rings. The molecule has 0 amide bonds. The molecule has 3 aliphatic rings. The molecule has 0 radical (unpaired) electrons. The Labute approximate surface area is 406 Å². The Morgan fingerprint density at radius 2 is 0.706 bits per heavy atom. The normalized spacial score (nSPS) is 13.8. The lowest BCUT2D eigenvalue weighted by molar-refractivity contribution is 0.298. The van der Waals surface area contributed by atoms with E-state index in [-0.39, 0.29) is 0 Å². The van der Waals surface area contributed by atoms with Crippen molar-refractivity contribution in [1.29, 1.82) is 0 Å². The molecule has 3 aliphatic carbocycles. The molecule has 0 saturated heterocycles. The van der Waals surface area contributed by atoms with Gasteiger partial charge in [0.15, 0.2) is 11.6 Å². The van der Waals surface area contributed by atoms with Crippen LogP contribution < -0.4 is 4.74 Å². The Balaban J connectivity index is 0.000000151. The highest BCUT2D eigenvalue weighted by Crippen LogP contribution is 2.29. The molecule has 6 aromatic carbocycles. The van der Waals surface area contributed by atoms with Crippen LogP contribution in [0.2, 0.25) is 0 Å². The Kier molecular flexibility index (Phi) is 18.9. The van der Waals surface area contributed by atoms with Crippen molar-refractivity contribution in [1.82, 2.24) is 0 Å². The zero-order chi connectivity index (χ0) is 47.3. The lowest BCUT2D eigenvalue weighted by Gasteiger charge is -2.11. The van der Waals surface area contributed by atoms with E-state index in [9.17, 15) is 8.78 Å². The number of hydrogen-bond donors (Lipinski definition) is 0. The quantitative estimate of drug-likeness (QED) is 0.0835. The van der Waals surface area contributed by atoms with Gasteiger partial charge in [-0.05, 0) is 125 Å². The molecule has 348 valence electrons. The summed E-state index contributed by atoms with van der Waals surface area (Å²) in [5.74, 6) is 0.846. The fraction of sp³-hybridized carbons (Fsp3) is 0.262. The lowest BCUT2D eigenvalue weighted by atomic mass is 9.96. The maximum atomic E-state index is 14.5. The molecule has 1 nitrogen and oxygen atoms in total. The van der Waals surface area contributed by atoms with Crippen molar-refractivity contribution in [2.24, 2.45) is 17.8 Å². The van der Waals surface area contributed by atoms with Crippen molar-refractivity contribution in [3.63, 3.8) is 0 Å². The first kappa shape index (κ1) is 49.3.